The second-order valence-corrected chi connectivity index (χ2v) is 11.2. The molecule has 4 aliphatic heterocycles. The van der Waals surface area contributed by atoms with Crippen molar-refractivity contribution in [1.29, 1.82) is 0 Å². The van der Waals surface area contributed by atoms with Crippen LogP contribution in [0, 0.1) is 0 Å². The number of carbonyl (C=O) groups is 1. The molecule has 4 aliphatic rings. The third-order valence-corrected chi connectivity index (χ3v) is 8.15. The fraction of sp³-hybridized carbons (Fsp3) is 0.958. The van der Waals surface area contributed by atoms with Crippen LogP contribution in [0.3, 0.4) is 0 Å². The molecule has 4 fully saturated rings. The molecule has 20 atom stereocenters. The third-order valence-electron chi connectivity index (χ3n) is 8.15. The highest BCUT2D eigenvalue weighted by molar-refractivity contribution is 5.73. The van der Waals surface area contributed by atoms with E-state index in [0.717, 1.165) is 0 Å². The molecule has 4 rings (SSSR count). The second kappa shape index (κ2) is 15.5. The van der Waals surface area contributed by atoms with Crippen molar-refractivity contribution in [3.63, 3.8) is 0 Å². The molecule has 0 saturated carbocycles. The van der Waals surface area contributed by atoms with Crippen LogP contribution in [0.25, 0.3) is 0 Å². The molecule has 12 unspecified atom stereocenters. The quantitative estimate of drug-likeness (QED) is 0.102. The molecular weight excluding hydrogens is 640 g/mol. The highest BCUT2D eigenvalue weighted by atomic mass is 16.8. The summed E-state index contributed by atoms with van der Waals surface area (Å²) in [6, 6.07) is 0. The minimum atomic E-state index is -2.11. The lowest BCUT2D eigenvalue weighted by atomic mass is 9.96. The lowest BCUT2D eigenvalue weighted by molar-refractivity contribution is -0.369. The molecule has 14 N–H and O–H groups in total. The molecule has 0 aromatic rings. The van der Waals surface area contributed by atoms with Gasteiger partial charge in [0.25, 0.3) is 0 Å². The SMILES string of the molecule is O=C(O)C1O[C@H](O)C(O)C(O)[C@@H]1O[C@H]1OC(CO[C@H]2OC(CO)[C@H](O[C@H]3OC(CO)[C@@H](O)C(O)C3O)C(O)C2O)[C@@H](O)C(O)C1O. The van der Waals surface area contributed by atoms with Crippen molar-refractivity contribution in [2.45, 2.75) is 123 Å². The summed E-state index contributed by atoms with van der Waals surface area (Å²) in [6.07, 6.45) is -37.3. The molecule has 0 radical (unpaired) electrons. The van der Waals surface area contributed by atoms with E-state index in [1.165, 1.54) is 0 Å². The first-order valence-corrected chi connectivity index (χ1v) is 14.1. The number of rotatable bonds is 10. The average Bonchev–Trinajstić information content (AvgIpc) is 3.03. The smallest absolute Gasteiger partial charge is 0.335 e. The molecule has 4 saturated heterocycles. The summed E-state index contributed by atoms with van der Waals surface area (Å²) in [4.78, 5) is 11.6. The predicted molar refractivity (Wildman–Crippen MR) is 134 cm³/mol. The Bertz CT molecular complexity index is 988. The van der Waals surface area contributed by atoms with Gasteiger partial charge in [-0.1, -0.05) is 0 Å². The maximum absolute atomic E-state index is 11.6. The van der Waals surface area contributed by atoms with Crippen LogP contribution >= 0.6 is 0 Å². The van der Waals surface area contributed by atoms with Crippen molar-refractivity contribution < 1.29 is 109 Å². The molecule has 268 valence electrons. The van der Waals surface area contributed by atoms with E-state index in [4.69, 9.17) is 33.2 Å². The Morgan fingerprint density at radius 2 is 0.957 bits per heavy atom. The van der Waals surface area contributed by atoms with E-state index in [-0.39, 0.29) is 0 Å². The first-order valence-electron chi connectivity index (χ1n) is 14.1. The minimum Gasteiger partial charge on any atom is -0.479 e. The van der Waals surface area contributed by atoms with Crippen LogP contribution in [-0.4, -0.2) is 220 Å². The Kier molecular flexibility index (Phi) is 12.6. The lowest BCUT2D eigenvalue weighted by Crippen LogP contribution is -2.66. The fourth-order valence-electron chi connectivity index (χ4n) is 5.41. The number of hydrogen-bond donors (Lipinski definition) is 14. The molecule has 22 heteroatoms. The molecule has 46 heavy (non-hydrogen) atoms. The minimum absolute atomic E-state index is 0.788. The fourth-order valence-corrected chi connectivity index (χ4v) is 5.41. The van der Waals surface area contributed by atoms with Crippen LogP contribution in [0.1, 0.15) is 0 Å². The number of ether oxygens (including phenoxy) is 7. The number of aliphatic hydroxyl groups excluding tert-OH is 13. The predicted octanol–water partition coefficient (Wildman–Crippen LogP) is -9.66. The number of aliphatic hydroxyl groups is 13. The average molecular weight is 681 g/mol. The van der Waals surface area contributed by atoms with Crippen molar-refractivity contribution in [1.82, 2.24) is 0 Å². The molecule has 0 amide bonds. The molecule has 0 aliphatic carbocycles. The second-order valence-electron chi connectivity index (χ2n) is 11.2. The Balaban J connectivity index is 1.41. The van der Waals surface area contributed by atoms with Crippen molar-refractivity contribution in [2.75, 3.05) is 19.8 Å². The van der Waals surface area contributed by atoms with E-state index < -0.39 is 149 Å². The summed E-state index contributed by atoms with van der Waals surface area (Å²) in [5, 5.41) is 141. The van der Waals surface area contributed by atoms with Crippen molar-refractivity contribution in [3.8, 4) is 0 Å². The van der Waals surface area contributed by atoms with Gasteiger partial charge in [0.2, 0.25) is 0 Å². The maximum Gasteiger partial charge on any atom is 0.335 e. The zero-order valence-corrected chi connectivity index (χ0v) is 23.7. The van der Waals surface area contributed by atoms with Crippen LogP contribution in [0.4, 0.5) is 0 Å². The summed E-state index contributed by atoms with van der Waals surface area (Å²) in [7, 11) is 0. The van der Waals surface area contributed by atoms with Crippen molar-refractivity contribution >= 4 is 5.97 Å². The van der Waals surface area contributed by atoms with Gasteiger partial charge in [0.15, 0.2) is 31.3 Å². The zero-order valence-electron chi connectivity index (χ0n) is 23.7. The van der Waals surface area contributed by atoms with Crippen molar-refractivity contribution in [3.05, 3.63) is 0 Å². The van der Waals surface area contributed by atoms with E-state index in [1.807, 2.05) is 0 Å². The number of carboxylic acids is 1. The summed E-state index contributed by atoms with van der Waals surface area (Å²) < 4.78 is 37.0. The van der Waals surface area contributed by atoms with Gasteiger partial charge in [0, 0.05) is 0 Å². The number of aliphatic carboxylic acids is 1. The molecule has 0 bridgehead atoms. The van der Waals surface area contributed by atoms with Crippen molar-refractivity contribution in [2.24, 2.45) is 0 Å². The molecule has 0 aromatic heterocycles. The van der Waals surface area contributed by atoms with Gasteiger partial charge >= 0.3 is 5.97 Å². The van der Waals surface area contributed by atoms with Crippen LogP contribution < -0.4 is 0 Å². The normalized spacial score (nSPS) is 51.9. The number of hydrogen-bond acceptors (Lipinski definition) is 21. The van der Waals surface area contributed by atoms with E-state index >= 15 is 0 Å². The van der Waals surface area contributed by atoms with Crippen LogP contribution in [-0.2, 0) is 38.0 Å². The molecule has 0 spiro atoms. The van der Waals surface area contributed by atoms with Crippen LogP contribution in [0.15, 0.2) is 0 Å². The summed E-state index contributed by atoms with van der Waals surface area (Å²) in [6.45, 7) is -2.46. The molecule has 4 heterocycles. The highest BCUT2D eigenvalue weighted by Gasteiger charge is 2.54. The Hall–Kier alpha value is -1.33. The summed E-state index contributed by atoms with van der Waals surface area (Å²) >= 11 is 0. The van der Waals surface area contributed by atoms with Gasteiger partial charge in [-0.2, -0.15) is 0 Å². The largest absolute Gasteiger partial charge is 0.479 e. The zero-order chi connectivity index (χ0) is 34.2. The van der Waals surface area contributed by atoms with Gasteiger partial charge in [0.1, 0.15) is 91.6 Å². The van der Waals surface area contributed by atoms with Crippen LogP contribution in [0.5, 0.6) is 0 Å². The maximum atomic E-state index is 11.6. The third kappa shape index (κ3) is 7.46. The Morgan fingerprint density at radius 3 is 1.50 bits per heavy atom. The van der Waals surface area contributed by atoms with Gasteiger partial charge < -0.3 is 105 Å². The molecule has 22 nitrogen and oxygen atoms in total. The lowest BCUT2D eigenvalue weighted by Gasteiger charge is -2.46. The van der Waals surface area contributed by atoms with E-state index in [2.05, 4.69) is 0 Å². The Labute approximate surface area is 258 Å². The standard InChI is InChI=1S/C24H40O22/c25-1-4-7(27)9(29)14(34)23(41-4)45-17-5(2-26)42-22(16(36)12(17)32)40-3-6-8(28)10(30)15(35)24(43-6)46-18-11(31)13(33)21(39)44-19(18)20(37)38/h4-19,21-36,39H,1-3H2,(H,37,38)/t4?,5?,6?,7-,8-,9?,10?,11?,12?,13?,14?,15?,16?,17+,18+,19?,21+,22+,23-,24-/m1/s1. The van der Waals surface area contributed by atoms with Gasteiger partial charge in [-0.15, -0.1) is 0 Å². The van der Waals surface area contributed by atoms with E-state index in [1.54, 1.807) is 0 Å². The topological polar surface area (TPSA) is 365 Å². The summed E-state index contributed by atoms with van der Waals surface area (Å²) in [5.41, 5.74) is 0. The monoisotopic (exact) mass is 680 g/mol. The highest BCUT2D eigenvalue weighted by Crippen LogP contribution is 2.32. The Morgan fingerprint density at radius 1 is 0.500 bits per heavy atom. The van der Waals surface area contributed by atoms with Gasteiger partial charge in [-0.3, -0.25) is 0 Å². The van der Waals surface area contributed by atoms with Gasteiger partial charge in [-0.25, -0.2) is 4.79 Å². The van der Waals surface area contributed by atoms with Gasteiger partial charge in [-0.05, 0) is 0 Å². The molecule has 0 aromatic carbocycles. The van der Waals surface area contributed by atoms with Gasteiger partial charge in [0.05, 0.1) is 19.8 Å². The van der Waals surface area contributed by atoms with Crippen LogP contribution in [0.2, 0.25) is 0 Å². The first-order chi connectivity index (χ1) is 21.6. The summed E-state index contributed by atoms with van der Waals surface area (Å²) in [5.74, 6) is -1.74. The number of carboxylic acid groups (broad SMARTS) is 1. The van der Waals surface area contributed by atoms with E-state index in [9.17, 15) is 76.3 Å². The molecular formula is C24H40O22. The van der Waals surface area contributed by atoms with E-state index in [0.29, 0.717) is 0 Å². The first kappa shape index (κ1) is 37.5.